The molecule has 26 heavy (non-hydrogen) atoms. The molecule has 0 bridgehead atoms. The highest BCUT2D eigenvalue weighted by atomic mass is 16.2. The molecule has 3 heterocycles. The van der Waals surface area contributed by atoms with Crippen LogP contribution in [0.1, 0.15) is 12.5 Å². The van der Waals surface area contributed by atoms with Crippen molar-refractivity contribution in [3.8, 4) is 0 Å². The van der Waals surface area contributed by atoms with Crippen LogP contribution in [0.3, 0.4) is 0 Å². The van der Waals surface area contributed by atoms with Crippen LogP contribution >= 0.6 is 0 Å². The van der Waals surface area contributed by atoms with Crippen LogP contribution < -0.4 is 4.90 Å². The van der Waals surface area contributed by atoms with E-state index in [0.29, 0.717) is 5.84 Å². The lowest BCUT2D eigenvalue weighted by atomic mass is 10.1. The number of imide groups is 1. The minimum Gasteiger partial charge on any atom is -0.306 e. The first-order chi connectivity index (χ1) is 12.4. The minimum absolute atomic E-state index is 0.0257. The molecule has 0 aliphatic carbocycles. The molecule has 4 rings (SSSR count). The van der Waals surface area contributed by atoms with E-state index < -0.39 is 12.1 Å². The van der Waals surface area contributed by atoms with Crippen molar-refractivity contribution in [3.63, 3.8) is 0 Å². The van der Waals surface area contributed by atoms with Crippen LogP contribution in [0.15, 0.2) is 29.3 Å². The van der Waals surface area contributed by atoms with Crippen molar-refractivity contribution < 1.29 is 19.0 Å². The van der Waals surface area contributed by atoms with Crippen molar-refractivity contribution >= 4 is 35.7 Å². The molecular weight excluding hydrogens is 334 g/mol. The van der Waals surface area contributed by atoms with E-state index in [4.69, 9.17) is 0 Å². The Morgan fingerprint density at radius 2 is 1.96 bits per heavy atom. The zero-order valence-electron chi connectivity index (χ0n) is 14.9. The van der Waals surface area contributed by atoms with Gasteiger partial charge in [0.15, 0.2) is 6.54 Å². The normalized spacial score (nSPS) is 24.5. The zero-order chi connectivity index (χ0) is 18.6. The predicted octanol–water partition coefficient (Wildman–Crippen LogP) is 0.310. The maximum atomic E-state index is 13.0. The van der Waals surface area contributed by atoms with Gasteiger partial charge < -0.3 is 4.90 Å². The highest BCUT2D eigenvalue weighted by Crippen LogP contribution is 2.32. The number of carbonyl (C=O) groups is 3. The zero-order valence-corrected chi connectivity index (χ0v) is 14.9. The predicted molar refractivity (Wildman–Crippen MR) is 95.4 cm³/mol. The monoisotopic (exact) mass is 354 g/mol. The molecule has 1 fully saturated rings. The Kier molecular flexibility index (Phi) is 3.64. The molecule has 8 nitrogen and oxygen atoms in total. The molecule has 3 aliphatic rings. The van der Waals surface area contributed by atoms with Gasteiger partial charge >= 0.3 is 6.03 Å². The quantitative estimate of drug-likeness (QED) is 0.717. The molecule has 134 valence electrons. The van der Waals surface area contributed by atoms with Crippen LogP contribution in [0.2, 0.25) is 0 Å². The molecule has 1 aromatic carbocycles. The van der Waals surface area contributed by atoms with E-state index in [1.807, 2.05) is 31.2 Å². The van der Waals surface area contributed by atoms with Crippen LogP contribution in [0.5, 0.6) is 0 Å². The second kappa shape index (κ2) is 5.76. The fourth-order valence-electron chi connectivity index (χ4n) is 3.85. The van der Waals surface area contributed by atoms with Crippen molar-refractivity contribution in [2.75, 3.05) is 25.5 Å². The summed E-state index contributed by atoms with van der Waals surface area (Å²) in [5.74, 6) is -0.103. The van der Waals surface area contributed by atoms with E-state index in [-0.39, 0.29) is 24.4 Å². The van der Waals surface area contributed by atoms with Crippen molar-refractivity contribution in [1.82, 2.24) is 9.80 Å². The van der Waals surface area contributed by atoms with Gasteiger partial charge in [0.25, 0.3) is 30.0 Å². The molecule has 2 unspecified atom stereocenters. The third kappa shape index (κ3) is 2.25. The van der Waals surface area contributed by atoms with Gasteiger partial charge in [-0.1, -0.05) is 18.2 Å². The summed E-state index contributed by atoms with van der Waals surface area (Å²) in [7, 11) is 3.02. The van der Waals surface area contributed by atoms with Crippen LogP contribution in [-0.2, 0) is 16.0 Å². The van der Waals surface area contributed by atoms with Gasteiger partial charge in [0.05, 0.1) is 0 Å². The molecule has 3 aliphatic heterocycles. The molecular formula is C18H20N5O3+. The molecule has 4 amide bonds. The van der Waals surface area contributed by atoms with E-state index in [1.165, 1.54) is 18.3 Å². The SMILES string of the molecule is CC1Cc2ccccc2N1C(=O)C[N+]1=CN=C2C1C(=O)N(C)C(=O)N2C. The van der Waals surface area contributed by atoms with Gasteiger partial charge in [0.2, 0.25) is 0 Å². The lowest BCUT2D eigenvalue weighted by molar-refractivity contribution is -0.519. The summed E-state index contributed by atoms with van der Waals surface area (Å²) >= 11 is 0. The fraction of sp³-hybridized carbons (Fsp3) is 0.389. The van der Waals surface area contributed by atoms with Crippen molar-refractivity contribution in [2.45, 2.75) is 25.4 Å². The highest BCUT2D eigenvalue weighted by molar-refractivity contribution is 6.21. The number of nitrogens with zero attached hydrogens (tertiary/aromatic N) is 5. The Bertz CT molecular complexity index is 891. The lowest BCUT2D eigenvalue weighted by Gasteiger charge is -2.31. The summed E-state index contributed by atoms with van der Waals surface area (Å²) in [6, 6.07) is 6.77. The van der Waals surface area contributed by atoms with Gasteiger partial charge in [-0.15, -0.1) is 0 Å². The maximum absolute atomic E-state index is 13.0. The Labute approximate surface area is 151 Å². The van der Waals surface area contributed by atoms with Gasteiger partial charge in [-0.05, 0) is 30.0 Å². The number of hydrogen-bond acceptors (Lipinski definition) is 4. The number of carbonyl (C=O) groups excluding carboxylic acids is 3. The molecule has 0 saturated carbocycles. The number of amidine groups is 1. The average molecular weight is 354 g/mol. The van der Waals surface area contributed by atoms with Crippen LogP contribution in [0.25, 0.3) is 0 Å². The molecule has 1 aromatic rings. The minimum atomic E-state index is -0.736. The number of para-hydroxylation sites is 1. The second-order valence-electron chi connectivity index (χ2n) is 6.86. The van der Waals surface area contributed by atoms with Gasteiger partial charge in [-0.3, -0.25) is 19.4 Å². The number of aliphatic imine (C=N–C) groups is 1. The third-order valence-electron chi connectivity index (χ3n) is 5.19. The summed E-state index contributed by atoms with van der Waals surface area (Å²) in [4.78, 5) is 46.0. The Morgan fingerprint density at radius 1 is 1.23 bits per heavy atom. The van der Waals surface area contributed by atoms with Crippen molar-refractivity contribution in [1.29, 1.82) is 0 Å². The van der Waals surface area contributed by atoms with Gasteiger partial charge in [-0.2, -0.15) is 0 Å². The number of fused-ring (bicyclic) bond motifs is 2. The Morgan fingerprint density at radius 3 is 2.73 bits per heavy atom. The van der Waals surface area contributed by atoms with E-state index in [9.17, 15) is 14.4 Å². The third-order valence-corrected chi connectivity index (χ3v) is 5.19. The Hall–Kier alpha value is -3.03. The molecule has 2 atom stereocenters. The molecule has 0 N–H and O–H groups in total. The average Bonchev–Trinajstić information content (AvgIpc) is 3.18. The van der Waals surface area contributed by atoms with E-state index in [1.54, 1.807) is 16.5 Å². The topological polar surface area (TPSA) is 76.3 Å². The summed E-state index contributed by atoms with van der Waals surface area (Å²) in [5.41, 5.74) is 2.07. The molecule has 0 spiro atoms. The molecule has 0 aromatic heterocycles. The Balaban J connectivity index is 1.57. The lowest BCUT2D eigenvalue weighted by Crippen LogP contribution is -2.62. The number of amides is 4. The summed E-state index contributed by atoms with van der Waals surface area (Å²) in [5, 5.41) is 0. The summed E-state index contributed by atoms with van der Waals surface area (Å²) in [6.07, 6.45) is 2.29. The van der Waals surface area contributed by atoms with Crippen molar-refractivity contribution in [2.24, 2.45) is 4.99 Å². The number of likely N-dealkylation sites (N-methyl/N-ethyl adjacent to an activating group) is 2. The number of rotatable bonds is 2. The van der Waals surface area contributed by atoms with Crippen molar-refractivity contribution in [3.05, 3.63) is 29.8 Å². The first kappa shape index (κ1) is 16.4. The molecule has 1 saturated heterocycles. The first-order valence-electron chi connectivity index (χ1n) is 8.52. The van der Waals surface area contributed by atoms with Gasteiger partial charge in [0, 0.05) is 25.8 Å². The smallest absolute Gasteiger partial charge is 0.306 e. The molecule has 8 heteroatoms. The number of benzene rings is 1. The van der Waals surface area contributed by atoms with Gasteiger partial charge in [-0.25, -0.2) is 9.37 Å². The summed E-state index contributed by atoms with van der Waals surface area (Å²) < 4.78 is 1.60. The number of hydrogen-bond donors (Lipinski definition) is 0. The summed E-state index contributed by atoms with van der Waals surface area (Å²) in [6.45, 7) is 2.04. The van der Waals surface area contributed by atoms with E-state index in [2.05, 4.69) is 4.99 Å². The maximum Gasteiger partial charge on any atom is 0.333 e. The fourth-order valence-corrected chi connectivity index (χ4v) is 3.85. The second-order valence-corrected chi connectivity index (χ2v) is 6.86. The number of anilines is 1. The standard InChI is InChI=1S/C18H20N5O3/c1-11-8-12-6-4-5-7-13(12)23(11)14(24)9-22-10-19-16-15(22)17(25)21(3)18(26)20(16)2/h4-7,10-11,15H,8-9H2,1-3H3/q+1. The first-order valence-corrected chi connectivity index (χ1v) is 8.52. The van der Waals surface area contributed by atoms with Crippen LogP contribution in [0.4, 0.5) is 10.5 Å². The molecule has 0 radical (unpaired) electrons. The number of urea groups is 1. The van der Waals surface area contributed by atoms with Gasteiger partial charge in [0.1, 0.15) is 0 Å². The van der Waals surface area contributed by atoms with Crippen LogP contribution in [0, 0.1) is 0 Å². The largest absolute Gasteiger partial charge is 0.333 e. The highest BCUT2D eigenvalue weighted by Gasteiger charge is 2.51. The van der Waals surface area contributed by atoms with E-state index >= 15 is 0 Å². The van der Waals surface area contributed by atoms with E-state index in [0.717, 1.165) is 22.6 Å². The van der Waals surface area contributed by atoms with Crippen LogP contribution in [-0.4, -0.2) is 77.1 Å².